The van der Waals surface area contributed by atoms with Crippen molar-refractivity contribution in [3.8, 4) is 0 Å². The minimum atomic E-state index is -0.182. The van der Waals surface area contributed by atoms with Gasteiger partial charge in [0.1, 0.15) is 5.72 Å². The average Bonchev–Trinajstić information content (AvgIpc) is 1.56. The summed E-state index contributed by atoms with van der Waals surface area (Å²) in [6, 6.07) is 0. The molecular formula is C9H21NO. The molecule has 0 aliphatic rings. The minimum Gasteiger partial charge on any atom is -0.355 e. The molecule has 0 heterocycles. The Morgan fingerprint density at radius 3 is 1.36 bits per heavy atom. The van der Waals surface area contributed by atoms with Crippen LogP contribution >= 0.6 is 0 Å². The van der Waals surface area contributed by atoms with Gasteiger partial charge in [0.25, 0.3) is 0 Å². The van der Waals surface area contributed by atoms with E-state index < -0.39 is 0 Å². The molecule has 2 nitrogen and oxygen atoms in total. The van der Waals surface area contributed by atoms with Gasteiger partial charge in [-0.3, -0.25) is 4.90 Å². The summed E-state index contributed by atoms with van der Waals surface area (Å²) in [5.74, 6) is 0. The van der Waals surface area contributed by atoms with Crippen LogP contribution < -0.4 is 0 Å². The molecule has 0 aromatic rings. The molecule has 0 aromatic heterocycles. The van der Waals surface area contributed by atoms with Gasteiger partial charge in [-0.2, -0.15) is 0 Å². The molecule has 68 valence electrons. The number of nitrogens with zero attached hydrogens (tertiary/aromatic N) is 1. The topological polar surface area (TPSA) is 12.5 Å². The van der Waals surface area contributed by atoms with Gasteiger partial charge in [-0.15, -0.1) is 0 Å². The minimum absolute atomic E-state index is 0.0756. The van der Waals surface area contributed by atoms with Crippen LogP contribution in [0.4, 0.5) is 0 Å². The summed E-state index contributed by atoms with van der Waals surface area (Å²) in [5.41, 5.74) is -0.258. The van der Waals surface area contributed by atoms with E-state index in [4.69, 9.17) is 4.74 Å². The molecule has 0 saturated carbocycles. The van der Waals surface area contributed by atoms with Crippen LogP contribution in [-0.2, 0) is 4.74 Å². The van der Waals surface area contributed by atoms with E-state index in [0.29, 0.717) is 0 Å². The number of ether oxygens (including phenoxy) is 1. The number of rotatable bonds is 2. The second-order valence-electron chi connectivity index (χ2n) is 4.56. The van der Waals surface area contributed by atoms with Crippen LogP contribution in [0.2, 0.25) is 0 Å². The lowest BCUT2D eigenvalue weighted by molar-refractivity contribution is -0.178. The highest BCUT2D eigenvalue weighted by atomic mass is 16.5. The summed E-state index contributed by atoms with van der Waals surface area (Å²) < 4.78 is 5.81. The molecule has 0 N–H and O–H groups in total. The van der Waals surface area contributed by atoms with Gasteiger partial charge in [0.15, 0.2) is 0 Å². The van der Waals surface area contributed by atoms with Crippen molar-refractivity contribution in [1.82, 2.24) is 4.90 Å². The van der Waals surface area contributed by atoms with E-state index >= 15 is 0 Å². The van der Waals surface area contributed by atoms with E-state index in [2.05, 4.69) is 39.5 Å². The molecule has 0 bridgehead atoms. The Bertz CT molecular complexity index is 122. The highest BCUT2D eigenvalue weighted by Crippen LogP contribution is 2.20. The first-order valence-corrected chi connectivity index (χ1v) is 4.03. The molecule has 0 saturated heterocycles. The predicted octanol–water partition coefficient (Wildman–Crippen LogP) is 2.10. The smallest absolute Gasteiger partial charge is 0.116 e. The fraction of sp³-hybridized carbons (Fsp3) is 1.00. The van der Waals surface area contributed by atoms with Crippen molar-refractivity contribution < 1.29 is 4.74 Å². The Hall–Kier alpha value is -0.0800. The van der Waals surface area contributed by atoms with Crippen molar-refractivity contribution in [3.63, 3.8) is 0 Å². The first-order valence-electron chi connectivity index (χ1n) is 4.03. The van der Waals surface area contributed by atoms with Gasteiger partial charge in [0, 0.05) is 0 Å². The molecule has 0 fully saturated rings. The van der Waals surface area contributed by atoms with Crippen molar-refractivity contribution in [2.24, 2.45) is 0 Å². The third-order valence-corrected chi connectivity index (χ3v) is 1.63. The predicted molar refractivity (Wildman–Crippen MR) is 48.6 cm³/mol. The molecule has 0 aliphatic carbocycles. The molecule has 0 unspecified atom stereocenters. The van der Waals surface area contributed by atoms with Crippen molar-refractivity contribution >= 4 is 0 Å². The summed E-state index contributed by atoms with van der Waals surface area (Å²) >= 11 is 0. The molecule has 11 heavy (non-hydrogen) atoms. The van der Waals surface area contributed by atoms with E-state index in [1.807, 2.05) is 14.1 Å². The lowest BCUT2D eigenvalue weighted by Crippen LogP contribution is -2.45. The summed E-state index contributed by atoms with van der Waals surface area (Å²) in [5, 5.41) is 0. The van der Waals surface area contributed by atoms with Gasteiger partial charge in [0.05, 0.1) is 5.60 Å². The van der Waals surface area contributed by atoms with Gasteiger partial charge in [-0.1, -0.05) is 0 Å². The third-order valence-electron chi connectivity index (χ3n) is 1.63. The van der Waals surface area contributed by atoms with Crippen LogP contribution in [0.1, 0.15) is 34.6 Å². The van der Waals surface area contributed by atoms with Crippen LogP contribution in [0.3, 0.4) is 0 Å². The zero-order valence-electron chi connectivity index (χ0n) is 8.86. The first kappa shape index (κ1) is 10.9. The Morgan fingerprint density at radius 2 is 1.27 bits per heavy atom. The SMILES string of the molecule is CN(C)C(C)(C)OC(C)(C)C. The van der Waals surface area contributed by atoms with Crippen LogP contribution in [0.15, 0.2) is 0 Å². The van der Waals surface area contributed by atoms with Gasteiger partial charge in [0.2, 0.25) is 0 Å². The molecule has 0 aliphatic heterocycles. The Balaban J connectivity index is 4.13. The summed E-state index contributed by atoms with van der Waals surface area (Å²) in [7, 11) is 4.04. The van der Waals surface area contributed by atoms with Crippen LogP contribution in [0.5, 0.6) is 0 Å². The van der Waals surface area contributed by atoms with Crippen LogP contribution in [0, 0.1) is 0 Å². The Kier molecular flexibility index (Phi) is 3.09. The monoisotopic (exact) mass is 159 g/mol. The second kappa shape index (κ2) is 3.11. The third kappa shape index (κ3) is 4.38. The van der Waals surface area contributed by atoms with Gasteiger partial charge < -0.3 is 4.74 Å². The largest absolute Gasteiger partial charge is 0.355 e. The maximum absolute atomic E-state index is 5.81. The molecule has 0 atom stereocenters. The van der Waals surface area contributed by atoms with Gasteiger partial charge in [-0.05, 0) is 48.7 Å². The Morgan fingerprint density at radius 1 is 0.909 bits per heavy atom. The fourth-order valence-corrected chi connectivity index (χ4v) is 0.841. The molecular weight excluding hydrogens is 138 g/mol. The molecule has 0 rings (SSSR count). The Labute approximate surface area is 70.5 Å². The van der Waals surface area contributed by atoms with E-state index in [9.17, 15) is 0 Å². The molecule has 2 heteroatoms. The molecule has 0 amide bonds. The number of hydrogen-bond acceptors (Lipinski definition) is 2. The van der Waals surface area contributed by atoms with Crippen molar-refractivity contribution in [3.05, 3.63) is 0 Å². The lowest BCUT2D eigenvalue weighted by atomic mass is 10.1. The lowest BCUT2D eigenvalue weighted by Gasteiger charge is -2.38. The highest BCUT2D eigenvalue weighted by Gasteiger charge is 2.27. The van der Waals surface area contributed by atoms with E-state index in [1.54, 1.807) is 0 Å². The van der Waals surface area contributed by atoms with E-state index in [-0.39, 0.29) is 11.3 Å². The summed E-state index contributed by atoms with van der Waals surface area (Å²) in [6.45, 7) is 10.3. The van der Waals surface area contributed by atoms with E-state index in [1.165, 1.54) is 0 Å². The standard InChI is InChI=1S/C9H21NO/c1-8(2,3)11-9(4,5)10(6)7/h1-7H3. The molecule has 0 spiro atoms. The molecule has 0 aromatic carbocycles. The first-order chi connectivity index (χ1) is 4.65. The zero-order valence-corrected chi connectivity index (χ0v) is 8.86. The van der Waals surface area contributed by atoms with Crippen molar-refractivity contribution in [2.75, 3.05) is 14.1 Å². The van der Waals surface area contributed by atoms with Crippen molar-refractivity contribution in [1.29, 1.82) is 0 Å². The van der Waals surface area contributed by atoms with Crippen molar-refractivity contribution in [2.45, 2.75) is 45.9 Å². The molecule has 0 radical (unpaired) electrons. The highest BCUT2D eigenvalue weighted by molar-refractivity contribution is 4.71. The fourth-order valence-electron chi connectivity index (χ4n) is 0.841. The van der Waals surface area contributed by atoms with E-state index in [0.717, 1.165) is 0 Å². The summed E-state index contributed by atoms with van der Waals surface area (Å²) in [6.07, 6.45) is 0. The van der Waals surface area contributed by atoms with Crippen LogP contribution in [-0.4, -0.2) is 30.3 Å². The average molecular weight is 159 g/mol. The quantitative estimate of drug-likeness (QED) is 0.572. The summed E-state index contributed by atoms with van der Waals surface area (Å²) in [4.78, 5) is 2.07. The normalized spacial score (nSPS) is 14.2. The van der Waals surface area contributed by atoms with Gasteiger partial charge >= 0.3 is 0 Å². The van der Waals surface area contributed by atoms with Gasteiger partial charge in [-0.25, -0.2) is 0 Å². The zero-order chi connectivity index (χ0) is 9.28. The van der Waals surface area contributed by atoms with Crippen LogP contribution in [0.25, 0.3) is 0 Å². The number of hydrogen-bond donors (Lipinski definition) is 0. The maximum atomic E-state index is 5.81. The maximum Gasteiger partial charge on any atom is 0.116 e. The second-order valence-corrected chi connectivity index (χ2v) is 4.56.